The minimum atomic E-state index is 0.357. The van der Waals surface area contributed by atoms with Gasteiger partial charge in [0.05, 0.1) is 6.21 Å². The topological polar surface area (TPSA) is 78.8 Å². The standard InChI is InChI=1S/C18H16N6/c1-11-7-8-12(2)13(9-11)10-19-23-18-21-17-16(22-24-18)14-5-3-4-6-15(14)20-17/h3-10H,1-2H3,(H2,20,21,23,24)/b19-10+. The normalized spacial score (nSPS) is 11.6. The van der Waals surface area contributed by atoms with E-state index in [1.807, 2.05) is 24.3 Å². The quantitative estimate of drug-likeness (QED) is 0.447. The number of nitrogens with one attached hydrogen (secondary N) is 2. The summed E-state index contributed by atoms with van der Waals surface area (Å²) in [5.74, 6) is 0.357. The van der Waals surface area contributed by atoms with E-state index in [1.54, 1.807) is 6.21 Å². The number of fused-ring (bicyclic) bond motifs is 3. The first-order valence-electron chi connectivity index (χ1n) is 7.68. The van der Waals surface area contributed by atoms with Gasteiger partial charge in [-0.2, -0.15) is 10.1 Å². The second-order valence-electron chi connectivity index (χ2n) is 5.73. The molecule has 0 bridgehead atoms. The fraction of sp³-hybridized carbons (Fsp3) is 0.111. The number of aryl methyl sites for hydroxylation is 2. The Morgan fingerprint density at radius 1 is 1.08 bits per heavy atom. The zero-order valence-electron chi connectivity index (χ0n) is 13.4. The number of hydrogen-bond acceptors (Lipinski definition) is 5. The third-order valence-electron chi connectivity index (χ3n) is 3.92. The highest BCUT2D eigenvalue weighted by atomic mass is 15.4. The van der Waals surface area contributed by atoms with Crippen LogP contribution in [0.2, 0.25) is 0 Å². The van der Waals surface area contributed by atoms with Gasteiger partial charge in [-0.15, -0.1) is 10.2 Å². The molecule has 0 amide bonds. The number of aromatic amines is 1. The predicted octanol–water partition coefficient (Wildman–Crippen LogP) is 3.57. The Morgan fingerprint density at radius 2 is 1.96 bits per heavy atom. The van der Waals surface area contributed by atoms with Crippen molar-refractivity contribution in [3.8, 4) is 0 Å². The largest absolute Gasteiger partial charge is 0.338 e. The zero-order chi connectivity index (χ0) is 16.5. The van der Waals surface area contributed by atoms with Crippen molar-refractivity contribution >= 4 is 34.2 Å². The molecular formula is C18H16N6. The maximum absolute atomic E-state index is 4.43. The van der Waals surface area contributed by atoms with Gasteiger partial charge < -0.3 is 4.98 Å². The van der Waals surface area contributed by atoms with Gasteiger partial charge in [0.2, 0.25) is 0 Å². The predicted molar refractivity (Wildman–Crippen MR) is 96.3 cm³/mol. The Labute approximate surface area is 138 Å². The number of H-pyrrole nitrogens is 1. The lowest BCUT2D eigenvalue weighted by molar-refractivity contribution is 1.01. The molecule has 0 spiro atoms. The lowest BCUT2D eigenvalue weighted by atomic mass is 10.1. The van der Waals surface area contributed by atoms with Crippen LogP contribution in [0.15, 0.2) is 47.6 Å². The van der Waals surface area contributed by atoms with Crippen molar-refractivity contribution in [1.29, 1.82) is 0 Å². The van der Waals surface area contributed by atoms with Crippen molar-refractivity contribution in [2.24, 2.45) is 5.10 Å². The summed E-state index contributed by atoms with van der Waals surface area (Å²) in [6.45, 7) is 4.11. The second kappa shape index (κ2) is 5.73. The number of aromatic nitrogens is 4. The zero-order valence-corrected chi connectivity index (χ0v) is 13.4. The summed E-state index contributed by atoms with van der Waals surface area (Å²) in [4.78, 5) is 7.67. The van der Waals surface area contributed by atoms with Crippen molar-refractivity contribution in [2.75, 3.05) is 5.43 Å². The molecule has 0 saturated heterocycles. The molecule has 4 aromatic rings. The Balaban J connectivity index is 1.61. The van der Waals surface area contributed by atoms with Crippen molar-refractivity contribution < 1.29 is 0 Å². The van der Waals surface area contributed by atoms with E-state index in [0.717, 1.165) is 27.5 Å². The molecule has 118 valence electrons. The summed E-state index contributed by atoms with van der Waals surface area (Å²) in [5, 5.41) is 13.6. The molecule has 6 nitrogen and oxygen atoms in total. The average Bonchev–Trinajstić information content (AvgIpc) is 2.96. The number of benzene rings is 2. The molecule has 0 saturated carbocycles. The number of para-hydroxylation sites is 1. The molecule has 0 fully saturated rings. The number of anilines is 1. The van der Waals surface area contributed by atoms with E-state index in [9.17, 15) is 0 Å². The molecule has 2 aromatic heterocycles. The fourth-order valence-electron chi connectivity index (χ4n) is 2.63. The molecule has 0 aliphatic heterocycles. The summed E-state index contributed by atoms with van der Waals surface area (Å²) < 4.78 is 0. The van der Waals surface area contributed by atoms with Gasteiger partial charge in [-0.05, 0) is 31.0 Å². The molecule has 24 heavy (non-hydrogen) atoms. The summed E-state index contributed by atoms with van der Waals surface area (Å²) in [5.41, 5.74) is 8.70. The number of hydrazone groups is 1. The van der Waals surface area contributed by atoms with Crippen molar-refractivity contribution in [1.82, 2.24) is 20.2 Å². The van der Waals surface area contributed by atoms with Crippen molar-refractivity contribution in [2.45, 2.75) is 13.8 Å². The Kier molecular flexibility index (Phi) is 3.42. The smallest absolute Gasteiger partial charge is 0.265 e. The molecule has 2 aromatic carbocycles. The highest BCUT2D eigenvalue weighted by molar-refractivity contribution is 6.03. The monoisotopic (exact) mass is 316 g/mol. The lowest BCUT2D eigenvalue weighted by Crippen LogP contribution is -1.99. The second-order valence-corrected chi connectivity index (χ2v) is 5.73. The van der Waals surface area contributed by atoms with E-state index in [1.165, 1.54) is 5.56 Å². The van der Waals surface area contributed by atoms with E-state index in [2.05, 4.69) is 62.7 Å². The molecule has 6 heteroatoms. The van der Waals surface area contributed by atoms with Crippen LogP contribution in [0.25, 0.3) is 22.1 Å². The maximum atomic E-state index is 4.43. The van der Waals surface area contributed by atoms with Crippen LogP contribution in [0.1, 0.15) is 16.7 Å². The van der Waals surface area contributed by atoms with Gasteiger partial charge in [0.15, 0.2) is 5.65 Å². The maximum Gasteiger partial charge on any atom is 0.265 e. The summed E-state index contributed by atoms with van der Waals surface area (Å²) in [6, 6.07) is 14.2. The Hall–Kier alpha value is -3.28. The van der Waals surface area contributed by atoms with Crippen LogP contribution in [-0.2, 0) is 0 Å². The number of hydrogen-bond donors (Lipinski definition) is 2. The number of rotatable bonds is 3. The van der Waals surface area contributed by atoms with E-state index in [-0.39, 0.29) is 0 Å². The molecule has 0 aliphatic rings. The van der Waals surface area contributed by atoms with Gasteiger partial charge in [-0.3, -0.25) is 0 Å². The summed E-state index contributed by atoms with van der Waals surface area (Å²) >= 11 is 0. The van der Waals surface area contributed by atoms with Crippen LogP contribution < -0.4 is 5.43 Å². The summed E-state index contributed by atoms with van der Waals surface area (Å²) in [7, 11) is 0. The van der Waals surface area contributed by atoms with Crippen LogP contribution in [0.4, 0.5) is 5.95 Å². The fourth-order valence-corrected chi connectivity index (χ4v) is 2.63. The Bertz CT molecular complexity index is 1060. The lowest BCUT2D eigenvalue weighted by Gasteiger charge is -2.01. The molecule has 2 heterocycles. The van der Waals surface area contributed by atoms with E-state index in [0.29, 0.717) is 11.6 Å². The molecule has 0 unspecified atom stereocenters. The van der Waals surface area contributed by atoms with Crippen molar-refractivity contribution in [3.05, 3.63) is 59.2 Å². The van der Waals surface area contributed by atoms with Gasteiger partial charge in [-0.25, -0.2) is 5.43 Å². The van der Waals surface area contributed by atoms with Crippen LogP contribution in [0, 0.1) is 13.8 Å². The van der Waals surface area contributed by atoms with Crippen LogP contribution >= 0.6 is 0 Å². The highest BCUT2D eigenvalue weighted by Gasteiger charge is 2.07. The van der Waals surface area contributed by atoms with E-state index in [4.69, 9.17) is 0 Å². The van der Waals surface area contributed by atoms with Crippen LogP contribution in [0.3, 0.4) is 0 Å². The molecule has 0 radical (unpaired) electrons. The minimum Gasteiger partial charge on any atom is -0.338 e. The van der Waals surface area contributed by atoms with Gasteiger partial charge >= 0.3 is 0 Å². The first-order chi connectivity index (χ1) is 11.7. The van der Waals surface area contributed by atoms with Gasteiger partial charge in [0.25, 0.3) is 5.95 Å². The molecule has 2 N–H and O–H groups in total. The molecule has 0 aliphatic carbocycles. The SMILES string of the molecule is Cc1ccc(C)c(/C=N/Nc2nnc3c(n2)[nH]c2ccccc23)c1. The van der Waals surface area contributed by atoms with Crippen LogP contribution in [0.5, 0.6) is 0 Å². The first-order valence-corrected chi connectivity index (χ1v) is 7.68. The third-order valence-corrected chi connectivity index (χ3v) is 3.92. The van der Waals surface area contributed by atoms with Gasteiger partial charge in [0.1, 0.15) is 5.52 Å². The minimum absolute atomic E-state index is 0.357. The van der Waals surface area contributed by atoms with E-state index >= 15 is 0 Å². The Morgan fingerprint density at radius 3 is 2.88 bits per heavy atom. The summed E-state index contributed by atoms with van der Waals surface area (Å²) in [6.07, 6.45) is 1.76. The number of nitrogens with zero attached hydrogens (tertiary/aromatic N) is 4. The molecular weight excluding hydrogens is 300 g/mol. The van der Waals surface area contributed by atoms with Crippen molar-refractivity contribution in [3.63, 3.8) is 0 Å². The van der Waals surface area contributed by atoms with Crippen LogP contribution in [-0.4, -0.2) is 26.4 Å². The molecule has 4 rings (SSSR count). The highest BCUT2D eigenvalue weighted by Crippen LogP contribution is 2.21. The van der Waals surface area contributed by atoms with E-state index < -0.39 is 0 Å². The average molecular weight is 316 g/mol. The first kappa shape index (κ1) is 14.3. The van der Waals surface area contributed by atoms with Gasteiger partial charge in [0, 0.05) is 10.9 Å². The molecule has 0 atom stereocenters. The van der Waals surface area contributed by atoms with Gasteiger partial charge in [-0.1, -0.05) is 42.0 Å². The third kappa shape index (κ3) is 2.58.